The van der Waals surface area contributed by atoms with E-state index in [2.05, 4.69) is 10.0 Å². The van der Waals surface area contributed by atoms with Crippen LogP contribution in [0.25, 0.3) is 10.4 Å². The van der Waals surface area contributed by atoms with Gasteiger partial charge in [0.2, 0.25) is 0 Å². The Morgan fingerprint density at radius 2 is 1.93 bits per heavy atom. The number of rotatable bonds is 6. The molecule has 0 unspecified atom stereocenters. The summed E-state index contributed by atoms with van der Waals surface area (Å²) in [6, 6.07) is 0. The summed E-state index contributed by atoms with van der Waals surface area (Å²) in [5.74, 6) is 0. The van der Waals surface area contributed by atoms with Crippen LogP contribution in [0.5, 0.6) is 0 Å². The molecule has 0 radical (unpaired) electrons. The number of azide groups is 1. The average molecular weight is 200 g/mol. The maximum absolute atomic E-state index is 8.20. The van der Waals surface area contributed by atoms with E-state index in [-0.39, 0.29) is 11.0 Å². The fourth-order valence-corrected chi connectivity index (χ4v) is 0.718. The van der Waals surface area contributed by atoms with Gasteiger partial charge in [0.25, 0.3) is 0 Å². The molecule has 0 fully saturated rings. The third-order valence-corrected chi connectivity index (χ3v) is 1.91. The molecule has 0 aliphatic carbocycles. The molecule has 0 heterocycles. The van der Waals surface area contributed by atoms with Gasteiger partial charge in [-0.2, -0.15) is 0 Å². The third-order valence-electron chi connectivity index (χ3n) is 1.91. The highest BCUT2D eigenvalue weighted by atomic mass is 16.5. The highest BCUT2D eigenvalue weighted by Gasteiger charge is 2.23. The minimum Gasteiger partial charge on any atom is -0.374 e. The summed E-state index contributed by atoms with van der Waals surface area (Å²) in [4.78, 5) is 2.73. The van der Waals surface area contributed by atoms with Crippen LogP contribution >= 0.6 is 0 Å². The molecule has 0 aromatic rings. The largest absolute Gasteiger partial charge is 0.374 e. The minimum atomic E-state index is -0.312. The zero-order valence-electron chi connectivity index (χ0n) is 9.45. The van der Waals surface area contributed by atoms with Crippen LogP contribution in [0, 0.1) is 5.41 Å². The molecule has 0 atom stereocenters. The Hall–Kier alpha value is -0.770. The lowest BCUT2D eigenvalue weighted by atomic mass is 9.95. The smallest absolute Gasteiger partial charge is 0.0748 e. The lowest BCUT2D eigenvalue weighted by Crippen LogP contribution is -2.38. The van der Waals surface area contributed by atoms with Crippen LogP contribution < -0.4 is 5.73 Å². The molecule has 0 saturated carbocycles. The van der Waals surface area contributed by atoms with Gasteiger partial charge >= 0.3 is 0 Å². The SMILES string of the molecule is CC(C)(CN=[N+]=[N-])COC(C)(C)CN. The lowest BCUT2D eigenvalue weighted by Gasteiger charge is -2.30. The Morgan fingerprint density at radius 1 is 1.36 bits per heavy atom. The Morgan fingerprint density at radius 3 is 2.36 bits per heavy atom. The van der Waals surface area contributed by atoms with Gasteiger partial charge in [-0.25, -0.2) is 0 Å². The van der Waals surface area contributed by atoms with Gasteiger partial charge in [-0.05, 0) is 24.8 Å². The van der Waals surface area contributed by atoms with Crippen molar-refractivity contribution >= 4 is 0 Å². The van der Waals surface area contributed by atoms with E-state index in [4.69, 9.17) is 16.0 Å². The fourth-order valence-electron chi connectivity index (χ4n) is 0.718. The van der Waals surface area contributed by atoms with Crippen molar-refractivity contribution in [1.82, 2.24) is 0 Å². The van der Waals surface area contributed by atoms with Gasteiger partial charge in [0, 0.05) is 18.0 Å². The van der Waals surface area contributed by atoms with E-state index in [0.29, 0.717) is 19.7 Å². The van der Waals surface area contributed by atoms with E-state index in [9.17, 15) is 0 Å². The average Bonchev–Trinajstić information content (AvgIpc) is 2.12. The summed E-state index contributed by atoms with van der Waals surface area (Å²) in [6.07, 6.45) is 0. The second kappa shape index (κ2) is 5.20. The van der Waals surface area contributed by atoms with Crippen molar-refractivity contribution in [3.8, 4) is 0 Å². The number of ether oxygens (including phenoxy) is 1. The van der Waals surface area contributed by atoms with E-state index in [1.165, 1.54) is 0 Å². The molecule has 82 valence electrons. The van der Waals surface area contributed by atoms with Gasteiger partial charge < -0.3 is 10.5 Å². The number of hydrogen-bond donors (Lipinski definition) is 1. The van der Waals surface area contributed by atoms with Crippen LogP contribution in [-0.2, 0) is 4.74 Å². The first-order valence-corrected chi connectivity index (χ1v) is 4.68. The molecular weight excluding hydrogens is 180 g/mol. The van der Waals surface area contributed by atoms with Gasteiger partial charge in [-0.3, -0.25) is 0 Å². The summed E-state index contributed by atoms with van der Waals surface area (Å²) < 4.78 is 5.63. The van der Waals surface area contributed by atoms with E-state index in [1.807, 2.05) is 27.7 Å². The molecule has 0 aromatic heterocycles. The molecule has 0 spiro atoms. The Balaban J connectivity index is 4.04. The predicted octanol–water partition coefficient (Wildman–Crippen LogP) is 2.08. The molecule has 2 N–H and O–H groups in total. The summed E-state index contributed by atoms with van der Waals surface area (Å²) in [5.41, 5.74) is 13.3. The maximum atomic E-state index is 8.20. The zero-order valence-corrected chi connectivity index (χ0v) is 9.45. The van der Waals surface area contributed by atoms with Gasteiger partial charge in [0.05, 0.1) is 12.2 Å². The summed E-state index contributed by atoms with van der Waals surface area (Å²) in [6.45, 7) is 9.32. The molecule has 0 bridgehead atoms. The van der Waals surface area contributed by atoms with Crippen molar-refractivity contribution < 1.29 is 4.74 Å². The molecular formula is C9H20N4O. The molecule has 5 heteroatoms. The Kier molecular flexibility index (Phi) is 4.91. The first-order chi connectivity index (χ1) is 6.33. The van der Waals surface area contributed by atoms with Gasteiger partial charge in [-0.15, -0.1) is 0 Å². The molecule has 0 aliphatic heterocycles. The molecule has 0 rings (SSSR count). The molecule has 0 aliphatic rings. The van der Waals surface area contributed by atoms with Gasteiger partial charge in [0.15, 0.2) is 0 Å². The van der Waals surface area contributed by atoms with Crippen molar-refractivity contribution in [2.24, 2.45) is 16.3 Å². The molecule has 0 aromatic carbocycles. The number of hydrogen-bond acceptors (Lipinski definition) is 3. The van der Waals surface area contributed by atoms with Crippen LogP contribution in [0.1, 0.15) is 27.7 Å². The second-order valence-corrected chi connectivity index (χ2v) is 4.81. The van der Waals surface area contributed by atoms with Crippen molar-refractivity contribution in [2.75, 3.05) is 19.7 Å². The van der Waals surface area contributed by atoms with Crippen molar-refractivity contribution in [3.05, 3.63) is 10.4 Å². The monoisotopic (exact) mass is 200 g/mol. The Labute approximate surface area is 85.2 Å². The van der Waals surface area contributed by atoms with E-state index in [0.717, 1.165) is 0 Å². The fraction of sp³-hybridized carbons (Fsp3) is 1.00. The van der Waals surface area contributed by atoms with Crippen LogP contribution in [0.3, 0.4) is 0 Å². The van der Waals surface area contributed by atoms with E-state index >= 15 is 0 Å². The van der Waals surface area contributed by atoms with Gasteiger partial charge in [-0.1, -0.05) is 19.0 Å². The second-order valence-electron chi connectivity index (χ2n) is 4.81. The van der Waals surface area contributed by atoms with Crippen LogP contribution in [0.15, 0.2) is 5.11 Å². The first kappa shape index (κ1) is 13.2. The summed E-state index contributed by atoms with van der Waals surface area (Å²) in [7, 11) is 0. The Bertz CT molecular complexity index is 219. The van der Waals surface area contributed by atoms with E-state index < -0.39 is 0 Å². The van der Waals surface area contributed by atoms with Gasteiger partial charge in [0.1, 0.15) is 0 Å². The first-order valence-electron chi connectivity index (χ1n) is 4.68. The zero-order chi connectivity index (χ0) is 11.2. The maximum Gasteiger partial charge on any atom is 0.0748 e. The molecule has 0 amide bonds. The lowest BCUT2D eigenvalue weighted by molar-refractivity contribution is -0.0463. The number of nitrogens with two attached hydrogens (primary N) is 1. The van der Waals surface area contributed by atoms with Crippen molar-refractivity contribution in [1.29, 1.82) is 0 Å². The minimum absolute atomic E-state index is 0.140. The van der Waals surface area contributed by atoms with Crippen LogP contribution in [0.4, 0.5) is 0 Å². The molecule has 14 heavy (non-hydrogen) atoms. The highest BCUT2D eigenvalue weighted by molar-refractivity contribution is 4.75. The molecule has 5 nitrogen and oxygen atoms in total. The topological polar surface area (TPSA) is 84.0 Å². The quantitative estimate of drug-likeness (QED) is 0.404. The van der Waals surface area contributed by atoms with Crippen molar-refractivity contribution in [2.45, 2.75) is 33.3 Å². The summed E-state index contributed by atoms with van der Waals surface area (Å²) >= 11 is 0. The van der Waals surface area contributed by atoms with E-state index in [1.54, 1.807) is 0 Å². The highest BCUT2D eigenvalue weighted by Crippen LogP contribution is 2.19. The third kappa shape index (κ3) is 5.80. The van der Waals surface area contributed by atoms with Crippen molar-refractivity contribution in [3.63, 3.8) is 0 Å². The number of nitrogens with zero attached hydrogens (tertiary/aromatic N) is 3. The standard InChI is InChI=1S/C9H20N4O/c1-8(2,6-12-13-11)7-14-9(3,4)5-10/h5-7,10H2,1-4H3. The normalized spacial score (nSPS) is 12.4. The van der Waals surface area contributed by atoms with Crippen LogP contribution in [0.2, 0.25) is 0 Å². The predicted molar refractivity (Wildman–Crippen MR) is 56.9 cm³/mol. The molecule has 0 saturated heterocycles. The summed E-state index contributed by atoms with van der Waals surface area (Å²) in [5, 5.41) is 3.54. The van der Waals surface area contributed by atoms with Crippen LogP contribution in [-0.4, -0.2) is 25.3 Å².